The third kappa shape index (κ3) is 3.27. The summed E-state index contributed by atoms with van der Waals surface area (Å²) in [5.41, 5.74) is 0.389. The summed E-state index contributed by atoms with van der Waals surface area (Å²) < 4.78 is 43.0. The molecule has 0 bridgehead atoms. The molecule has 20 heavy (non-hydrogen) atoms. The molecule has 3 nitrogen and oxygen atoms in total. The van der Waals surface area contributed by atoms with E-state index in [2.05, 4.69) is 6.92 Å². The van der Waals surface area contributed by atoms with E-state index in [-0.39, 0.29) is 5.75 Å². The first-order valence-electron chi connectivity index (χ1n) is 6.92. The Morgan fingerprint density at radius 3 is 2.55 bits per heavy atom. The van der Waals surface area contributed by atoms with Crippen LogP contribution in [-0.2, 0) is 9.47 Å². The Kier molecular flexibility index (Phi) is 5.31. The Morgan fingerprint density at radius 2 is 1.95 bits per heavy atom. The number of methoxy groups -OCH3 is 1. The van der Waals surface area contributed by atoms with Gasteiger partial charge in [-0.25, -0.2) is 4.39 Å². The molecule has 0 aliphatic carbocycles. The summed E-state index contributed by atoms with van der Waals surface area (Å²) in [6.07, 6.45) is 2.63. The van der Waals surface area contributed by atoms with Gasteiger partial charge in [0.05, 0.1) is 25.9 Å². The van der Waals surface area contributed by atoms with E-state index < -0.39 is 17.9 Å². The third-order valence-electron chi connectivity index (χ3n) is 3.47. The molecule has 0 spiro atoms. The molecule has 0 amide bonds. The predicted octanol–water partition coefficient (Wildman–Crippen LogP) is 3.83. The van der Waals surface area contributed by atoms with Crippen LogP contribution in [0.2, 0.25) is 0 Å². The van der Waals surface area contributed by atoms with Crippen molar-refractivity contribution in [1.82, 2.24) is 0 Å². The fourth-order valence-electron chi connectivity index (χ4n) is 2.32. The maximum Gasteiger partial charge on any atom is 0.201 e. The molecule has 0 atom stereocenters. The number of rotatable bonds is 5. The predicted molar refractivity (Wildman–Crippen MR) is 70.6 cm³/mol. The Hall–Kier alpha value is -1.20. The van der Waals surface area contributed by atoms with Crippen LogP contribution in [0.25, 0.3) is 0 Å². The van der Waals surface area contributed by atoms with Gasteiger partial charge in [0.15, 0.2) is 17.9 Å². The lowest BCUT2D eigenvalue weighted by atomic mass is 10.0. The van der Waals surface area contributed by atoms with Crippen molar-refractivity contribution in [2.45, 2.75) is 32.5 Å². The number of unbranched alkanes of at least 4 members (excludes halogenated alkanes) is 1. The molecule has 1 aromatic rings. The summed E-state index contributed by atoms with van der Waals surface area (Å²) in [5.74, 6) is -1.74. The summed E-state index contributed by atoms with van der Waals surface area (Å²) in [5, 5.41) is 0. The normalized spacial score (nSPS) is 22.8. The molecule has 1 aliphatic heterocycles. The molecule has 2 rings (SSSR count). The highest BCUT2D eigenvalue weighted by atomic mass is 19.2. The molecule has 5 heteroatoms. The quantitative estimate of drug-likeness (QED) is 0.823. The molecule has 112 valence electrons. The summed E-state index contributed by atoms with van der Waals surface area (Å²) in [7, 11) is 1.30. The highest BCUT2D eigenvalue weighted by Gasteiger charge is 2.27. The molecule has 0 radical (unpaired) electrons. The van der Waals surface area contributed by atoms with E-state index in [9.17, 15) is 8.78 Å². The number of halogens is 2. The van der Waals surface area contributed by atoms with Gasteiger partial charge in [0, 0.05) is 5.92 Å². The molecular formula is C15H20F2O3. The van der Waals surface area contributed by atoms with E-state index >= 15 is 0 Å². The van der Waals surface area contributed by atoms with E-state index in [0.29, 0.717) is 24.7 Å². The molecule has 0 aromatic heterocycles. The van der Waals surface area contributed by atoms with Crippen molar-refractivity contribution in [3.05, 3.63) is 29.3 Å². The molecule has 0 saturated carbocycles. The van der Waals surface area contributed by atoms with Crippen LogP contribution in [0.4, 0.5) is 8.78 Å². The standard InChI is InChI=1S/C15H20F2O3/c1-3-4-5-10-8-19-15(20-9-10)11-6-7-12(16)13(17)14(11)18-2/h6-7,10,15H,3-5,8-9H2,1-2H3. The molecular weight excluding hydrogens is 266 g/mol. The summed E-state index contributed by atoms with van der Waals surface area (Å²) >= 11 is 0. The fourth-order valence-corrected chi connectivity index (χ4v) is 2.32. The first-order valence-corrected chi connectivity index (χ1v) is 6.92. The highest BCUT2D eigenvalue weighted by Crippen LogP contribution is 2.35. The van der Waals surface area contributed by atoms with Crippen molar-refractivity contribution in [3.63, 3.8) is 0 Å². The van der Waals surface area contributed by atoms with Crippen LogP contribution in [0.5, 0.6) is 5.75 Å². The third-order valence-corrected chi connectivity index (χ3v) is 3.47. The molecule has 0 N–H and O–H groups in total. The zero-order chi connectivity index (χ0) is 14.5. The zero-order valence-corrected chi connectivity index (χ0v) is 11.8. The zero-order valence-electron chi connectivity index (χ0n) is 11.8. The van der Waals surface area contributed by atoms with E-state index in [1.54, 1.807) is 0 Å². The Bertz CT molecular complexity index is 443. The lowest BCUT2D eigenvalue weighted by Gasteiger charge is -2.30. The Labute approximate surface area is 117 Å². The maximum atomic E-state index is 13.6. The van der Waals surface area contributed by atoms with E-state index in [4.69, 9.17) is 14.2 Å². The summed E-state index contributed by atoms with van der Waals surface area (Å²) in [6.45, 7) is 3.26. The molecule has 1 heterocycles. The van der Waals surface area contributed by atoms with Crippen molar-refractivity contribution in [2.75, 3.05) is 20.3 Å². The second-order valence-electron chi connectivity index (χ2n) is 4.99. The lowest BCUT2D eigenvalue weighted by Crippen LogP contribution is -2.27. The summed E-state index contributed by atoms with van der Waals surface area (Å²) in [6, 6.07) is 2.50. The average Bonchev–Trinajstić information content (AvgIpc) is 2.48. The van der Waals surface area contributed by atoms with Crippen LogP contribution in [0.15, 0.2) is 12.1 Å². The second-order valence-corrected chi connectivity index (χ2v) is 4.99. The van der Waals surface area contributed by atoms with Crippen LogP contribution >= 0.6 is 0 Å². The second kappa shape index (κ2) is 6.99. The number of ether oxygens (including phenoxy) is 3. The molecule has 1 aliphatic rings. The minimum Gasteiger partial charge on any atom is -0.493 e. The highest BCUT2D eigenvalue weighted by molar-refractivity contribution is 5.36. The van der Waals surface area contributed by atoms with Crippen molar-refractivity contribution < 1.29 is 23.0 Å². The Morgan fingerprint density at radius 1 is 1.25 bits per heavy atom. The van der Waals surface area contributed by atoms with Gasteiger partial charge in [0.2, 0.25) is 5.82 Å². The first kappa shape index (κ1) is 15.2. The minimum absolute atomic E-state index is 0.151. The first-order chi connectivity index (χ1) is 9.67. The topological polar surface area (TPSA) is 27.7 Å². The van der Waals surface area contributed by atoms with E-state index in [0.717, 1.165) is 25.3 Å². The largest absolute Gasteiger partial charge is 0.493 e. The van der Waals surface area contributed by atoms with Gasteiger partial charge in [0.1, 0.15) is 0 Å². The van der Waals surface area contributed by atoms with Gasteiger partial charge < -0.3 is 14.2 Å². The monoisotopic (exact) mass is 286 g/mol. The van der Waals surface area contributed by atoms with Gasteiger partial charge >= 0.3 is 0 Å². The molecule has 1 aromatic carbocycles. The van der Waals surface area contributed by atoms with Crippen molar-refractivity contribution in [2.24, 2.45) is 5.92 Å². The fraction of sp³-hybridized carbons (Fsp3) is 0.600. The van der Waals surface area contributed by atoms with Gasteiger partial charge in [-0.05, 0) is 18.6 Å². The van der Waals surface area contributed by atoms with Crippen LogP contribution in [0.3, 0.4) is 0 Å². The van der Waals surface area contributed by atoms with Crippen LogP contribution in [0.1, 0.15) is 38.0 Å². The maximum absolute atomic E-state index is 13.6. The van der Waals surface area contributed by atoms with Gasteiger partial charge in [-0.1, -0.05) is 19.8 Å². The summed E-state index contributed by atoms with van der Waals surface area (Å²) in [4.78, 5) is 0. The van der Waals surface area contributed by atoms with Crippen LogP contribution in [0, 0.1) is 17.6 Å². The average molecular weight is 286 g/mol. The van der Waals surface area contributed by atoms with E-state index in [1.165, 1.54) is 13.2 Å². The minimum atomic E-state index is -1.01. The van der Waals surface area contributed by atoms with Crippen molar-refractivity contribution in [3.8, 4) is 5.75 Å². The number of hydrogen-bond donors (Lipinski definition) is 0. The molecule has 0 unspecified atom stereocenters. The smallest absolute Gasteiger partial charge is 0.201 e. The number of benzene rings is 1. The van der Waals surface area contributed by atoms with Crippen molar-refractivity contribution >= 4 is 0 Å². The SMILES string of the molecule is CCCCC1COC(c2ccc(F)c(F)c2OC)OC1. The Balaban J connectivity index is 2.05. The van der Waals surface area contributed by atoms with Gasteiger partial charge in [-0.15, -0.1) is 0 Å². The van der Waals surface area contributed by atoms with Crippen LogP contribution < -0.4 is 4.74 Å². The number of hydrogen-bond acceptors (Lipinski definition) is 3. The van der Waals surface area contributed by atoms with Crippen LogP contribution in [-0.4, -0.2) is 20.3 Å². The van der Waals surface area contributed by atoms with Gasteiger partial charge in [-0.3, -0.25) is 0 Å². The molecule has 1 saturated heterocycles. The van der Waals surface area contributed by atoms with Gasteiger partial charge in [0.25, 0.3) is 0 Å². The lowest BCUT2D eigenvalue weighted by molar-refractivity contribution is -0.206. The van der Waals surface area contributed by atoms with E-state index in [1.807, 2.05) is 0 Å². The van der Waals surface area contributed by atoms with Crippen molar-refractivity contribution in [1.29, 1.82) is 0 Å². The molecule has 1 fully saturated rings. The van der Waals surface area contributed by atoms with Gasteiger partial charge in [-0.2, -0.15) is 4.39 Å².